The number of benzene rings is 1. The SMILES string of the molecule is NC(=NCC1(c2cccc(Cl)c2)CCOCC1)N1CCCCC1. The monoisotopic (exact) mass is 335 g/mol. The van der Waals surface area contributed by atoms with Crippen LogP contribution < -0.4 is 5.73 Å². The molecular formula is C18H26ClN3O. The predicted octanol–water partition coefficient (Wildman–Crippen LogP) is 3.19. The van der Waals surface area contributed by atoms with Crippen molar-refractivity contribution in [2.75, 3.05) is 32.8 Å². The molecule has 1 aromatic rings. The minimum Gasteiger partial charge on any atom is -0.381 e. The van der Waals surface area contributed by atoms with Gasteiger partial charge in [-0.05, 0) is 49.8 Å². The maximum Gasteiger partial charge on any atom is 0.191 e. The average Bonchev–Trinajstić information content (AvgIpc) is 2.61. The van der Waals surface area contributed by atoms with Crippen LogP contribution in [0.3, 0.4) is 0 Å². The molecule has 0 aliphatic carbocycles. The van der Waals surface area contributed by atoms with Crippen LogP contribution >= 0.6 is 11.6 Å². The molecule has 0 saturated carbocycles. The predicted molar refractivity (Wildman–Crippen MR) is 95.1 cm³/mol. The fourth-order valence-corrected chi connectivity index (χ4v) is 3.76. The van der Waals surface area contributed by atoms with Gasteiger partial charge in [-0.15, -0.1) is 0 Å². The van der Waals surface area contributed by atoms with Crippen LogP contribution in [0.5, 0.6) is 0 Å². The minimum absolute atomic E-state index is 0.0104. The standard InChI is InChI=1S/C18H26ClN3O/c19-16-6-4-5-15(13-16)18(7-11-23-12-8-18)14-21-17(20)22-9-2-1-3-10-22/h4-6,13H,1-3,7-12,14H2,(H2,20,21). The summed E-state index contributed by atoms with van der Waals surface area (Å²) in [4.78, 5) is 6.99. The molecule has 0 aromatic heterocycles. The van der Waals surface area contributed by atoms with Crippen molar-refractivity contribution in [2.24, 2.45) is 10.7 Å². The molecule has 2 heterocycles. The highest BCUT2D eigenvalue weighted by Crippen LogP contribution is 2.36. The van der Waals surface area contributed by atoms with Crippen molar-refractivity contribution in [1.82, 2.24) is 4.90 Å². The molecule has 4 nitrogen and oxygen atoms in total. The van der Waals surface area contributed by atoms with Crippen molar-refractivity contribution in [3.8, 4) is 0 Å². The van der Waals surface area contributed by atoms with Crippen molar-refractivity contribution < 1.29 is 4.74 Å². The largest absolute Gasteiger partial charge is 0.381 e. The van der Waals surface area contributed by atoms with Gasteiger partial charge < -0.3 is 15.4 Å². The Morgan fingerprint density at radius 2 is 1.96 bits per heavy atom. The Balaban J connectivity index is 1.79. The van der Waals surface area contributed by atoms with E-state index in [0.717, 1.165) is 44.2 Å². The molecule has 0 spiro atoms. The molecule has 126 valence electrons. The second kappa shape index (κ2) is 7.54. The van der Waals surface area contributed by atoms with Gasteiger partial charge in [0.15, 0.2) is 5.96 Å². The minimum atomic E-state index is -0.0104. The molecule has 5 heteroatoms. The lowest BCUT2D eigenvalue weighted by Gasteiger charge is -2.37. The Hall–Kier alpha value is -1.26. The van der Waals surface area contributed by atoms with Gasteiger partial charge in [0.1, 0.15) is 0 Å². The topological polar surface area (TPSA) is 50.9 Å². The number of guanidine groups is 1. The van der Waals surface area contributed by atoms with Gasteiger partial charge in [0.05, 0.1) is 6.54 Å². The second-order valence-electron chi connectivity index (χ2n) is 6.63. The van der Waals surface area contributed by atoms with E-state index in [2.05, 4.69) is 17.0 Å². The zero-order chi connectivity index (χ0) is 16.1. The Morgan fingerprint density at radius 1 is 1.22 bits per heavy atom. The lowest BCUT2D eigenvalue weighted by molar-refractivity contribution is 0.0530. The molecule has 23 heavy (non-hydrogen) atoms. The smallest absolute Gasteiger partial charge is 0.191 e. The highest BCUT2D eigenvalue weighted by molar-refractivity contribution is 6.30. The summed E-state index contributed by atoms with van der Waals surface area (Å²) in [6.07, 6.45) is 5.65. The summed E-state index contributed by atoms with van der Waals surface area (Å²) < 4.78 is 5.58. The summed E-state index contributed by atoms with van der Waals surface area (Å²) in [6, 6.07) is 8.17. The zero-order valence-electron chi connectivity index (χ0n) is 13.6. The molecule has 2 aliphatic heterocycles. The first-order valence-corrected chi connectivity index (χ1v) is 8.96. The van der Waals surface area contributed by atoms with Gasteiger partial charge in [0.25, 0.3) is 0 Å². The van der Waals surface area contributed by atoms with Gasteiger partial charge in [-0.25, -0.2) is 0 Å². The molecule has 2 fully saturated rings. The molecule has 0 bridgehead atoms. The van der Waals surface area contributed by atoms with E-state index in [1.807, 2.05) is 12.1 Å². The highest BCUT2D eigenvalue weighted by atomic mass is 35.5. The van der Waals surface area contributed by atoms with E-state index in [4.69, 9.17) is 27.1 Å². The number of rotatable bonds is 3. The van der Waals surface area contributed by atoms with Crippen molar-refractivity contribution >= 4 is 17.6 Å². The molecule has 2 N–H and O–H groups in total. The second-order valence-corrected chi connectivity index (χ2v) is 7.06. The van der Waals surface area contributed by atoms with Crippen LogP contribution in [0, 0.1) is 0 Å². The Morgan fingerprint density at radius 3 is 2.65 bits per heavy atom. The first-order valence-electron chi connectivity index (χ1n) is 8.58. The number of likely N-dealkylation sites (tertiary alicyclic amines) is 1. The number of hydrogen-bond acceptors (Lipinski definition) is 2. The number of piperidine rings is 1. The van der Waals surface area contributed by atoms with Gasteiger partial charge in [-0.1, -0.05) is 23.7 Å². The fraction of sp³-hybridized carbons (Fsp3) is 0.611. The van der Waals surface area contributed by atoms with E-state index >= 15 is 0 Å². The van der Waals surface area contributed by atoms with Crippen LogP contribution in [-0.4, -0.2) is 43.7 Å². The van der Waals surface area contributed by atoms with Crippen molar-refractivity contribution in [1.29, 1.82) is 0 Å². The molecule has 0 radical (unpaired) electrons. The van der Waals surface area contributed by atoms with Crippen LogP contribution in [0.15, 0.2) is 29.3 Å². The summed E-state index contributed by atoms with van der Waals surface area (Å²) in [7, 11) is 0. The first-order chi connectivity index (χ1) is 11.2. The van der Waals surface area contributed by atoms with Gasteiger partial charge >= 0.3 is 0 Å². The lowest BCUT2D eigenvalue weighted by atomic mass is 9.74. The number of halogens is 1. The molecule has 0 amide bonds. The van der Waals surface area contributed by atoms with Crippen molar-refractivity contribution in [3.05, 3.63) is 34.9 Å². The normalized spacial score (nSPS) is 22.1. The van der Waals surface area contributed by atoms with Crippen LogP contribution in [0.4, 0.5) is 0 Å². The quantitative estimate of drug-likeness (QED) is 0.681. The molecule has 2 aliphatic rings. The third kappa shape index (κ3) is 3.99. The van der Waals surface area contributed by atoms with E-state index in [1.54, 1.807) is 0 Å². The van der Waals surface area contributed by atoms with Gasteiger partial charge in [-0.2, -0.15) is 0 Å². The van der Waals surface area contributed by atoms with E-state index < -0.39 is 0 Å². The maximum atomic E-state index is 6.25. The molecule has 1 aromatic carbocycles. The number of ether oxygens (including phenoxy) is 1. The number of aliphatic imine (C=N–C) groups is 1. The van der Waals surface area contributed by atoms with E-state index in [9.17, 15) is 0 Å². The van der Waals surface area contributed by atoms with Crippen LogP contribution in [0.1, 0.15) is 37.7 Å². The van der Waals surface area contributed by atoms with E-state index in [-0.39, 0.29) is 5.41 Å². The molecule has 0 unspecified atom stereocenters. The third-order valence-corrected chi connectivity index (χ3v) is 5.35. The van der Waals surface area contributed by atoms with Crippen LogP contribution in [0.2, 0.25) is 5.02 Å². The Labute approximate surface area is 143 Å². The van der Waals surface area contributed by atoms with E-state index in [1.165, 1.54) is 24.8 Å². The molecule has 2 saturated heterocycles. The molecule has 3 rings (SSSR count). The van der Waals surface area contributed by atoms with E-state index in [0.29, 0.717) is 12.5 Å². The summed E-state index contributed by atoms with van der Waals surface area (Å²) in [6.45, 7) is 4.31. The number of nitrogens with zero attached hydrogens (tertiary/aromatic N) is 2. The third-order valence-electron chi connectivity index (χ3n) is 5.11. The van der Waals surface area contributed by atoms with Crippen LogP contribution in [0.25, 0.3) is 0 Å². The van der Waals surface area contributed by atoms with Gasteiger partial charge in [-0.3, -0.25) is 4.99 Å². The Kier molecular flexibility index (Phi) is 5.44. The van der Waals surface area contributed by atoms with Crippen molar-refractivity contribution in [3.63, 3.8) is 0 Å². The summed E-state index contributed by atoms with van der Waals surface area (Å²) in [5.41, 5.74) is 7.49. The Bertz CT molecular complexity index is 549. The lowest BCUT2D eigenvalue weighted by Crippen LogP contribution is -2.43. The maximum absolute atomic E-state index is 6.25. The molecular weight excluding hydrogens is 310 g/mol. The molecule has 0 atom stereocenters. The highest BCUT2D eigenvalue weighted by Gasteiger charge is 2.34. The fourth-order valence-electron chi connectivity index (χ4n) is 3.57. The van der Waals surface area contributed by atoms with Gasteiger partial charge in [0.2, 0.25) is 0 Å². The summed E-state index contributed by atoms with van der Waals surface area (Å²) in [5, 5.41) is 0.779. The number of hydrogen-bond donors (Lipinski definition) is 1. The summed E-state index contributed by atoms with van der Waals surface area (Å²) >= 11 is 6.21. The van der Waals surface area contributed by atoms with Crippen LogP contribution in [-0.2, 0) is 10.2 Å². The number of nitrogens with two attached hydrogens (primary N) is 1. The average molecular weight is 336 g/mol. The zero-order valence-corrected chi connectivity index (χ0v) is 14.4. The van der Waals surface area contributed by atoms with Crippen molar-refractivity contribution in [2.45, 2.75) is 37.5 Å². The van der Waals surface area contributed by atoms with Gasteiger partial charge in [0, 0.05) is 36.7 Å². The first kappa shape index (κ1) is 16.6. The summed E-state index contributed by atoms with van der Waals surface area (Å²) in [5.74, 6) is 0.692.